The number of aryl methyl sites for hydroxylation is 1. The maximum Gasteiger partial charge on any atom is 0.168 e. The Morgan fingerprint density at radius 2 is 2.00 bits per heavy atom. The van der Waals surface area contributed by atoms with E-state index >= 15 is 0 Å². The van der Waals surface area contributed by atoms with Gasteiger partial charge in [-0.25, -0.2) is 19.6 Å². The van der Waals surface area contributed by atoms with Crippen LogP contribution in [0.4, 0.5) is 5.82 Å². The van der Waals surface area contributed by atoms with Gasteiger partial charge in [-0.3, -0.25) is 0 Å². The highest BCUT2D eigenvalue weighted by molar-refractivity contribution is 5.87. The molecule has 1 atom stereocenters. The van der Waals surface area contributed by atoms with E-state index in [1.54, 1.807) is 6.33 Å². The average molecular weight is 359 g/mol. The van der Waals surface area contributed by atoms with Gasteiger partial charge in [0.15, 0.2) is 5.65 Å². The minimum Gasteiger partial charge on any atom is -0.351 e. The fourth-order valence-electron chi connectivity index (χ4n) is 3.95. The maximum atomic E-state index is 4.63. The van der Waals surface area contributed by atoms with Gasteiger partial charge >= 0.3 is 0 Å². The van der Waals surface area contributed by atoms with Gasteiger partial charge in [0.2, 0.25) is 0 Å². The Morgan fingerprint density at radius 1 is 1.11 bits per heavy atom. The van der Waals surface area contributed by atoms with Crippen molar-refractivity contribution in [1.82, 2.24) is 29.3 Å². The molecule has 1 aliphatic rings. The second kappa shape index (κ2) is 6.50. The number of benzene rings is 1. The van der Waals surface area contributed by atoms with Gasteiger partial charge in [0, 0.05) is 31.5 Å². The molecule has 4 heterocycles. The molecule has 3 aromatic heterocycles. The molecule has 0 aliphatic carbocycles. The summed E-state index contributed by atoms with van der Waals surface area (Å²) < 4.78 is 4.10. The Hall–Kier alpha value is -3.22. The van der Waals surface area contributed by atoms with E-state index < -0.39 is 0 Å². The third-order valence-electron chi connectivity index (χ3n) is 5.33. The number of anilines is 1. The van der Waals surface area contributed by atoms with Crippen LogP contribution in [0.2, 0.25) is 0 Å². The summed E-state index contributed by atoms with van der Waals surface area (Å²) >= 11 is 0. The number of rotatable bonds is 4. The molecular formula is C20H21N7. The SMILES string of the molecule is Cc1nccn1C[C@H]1CCCN1c1ncnc2c1cnn2-c1ccccc1. The molecule has 0 N–H and O–H groups in total. The first-order valence-electron chi connectivity index (χ1n) is 9.30. The van der Waals surface area contributed by atoms with Crippen LogP contribution in [0.1, 0.15) is 18.7 Å². The number of hydrogen-bond acceptors (Lipinski definition) is 5. The van der Waals surface area contributed by atoms with Crippen LogP contribution >= 0.6 is 0 Å². The molecule has 7 heteroatoms. The smallest absolute Gasteiger partial charge is 0.168 e. The second-order valence-electron chi connectivity index (χ2n) is 6.94. The number of para-hydroxylation sites is 1. The lowest BCUT2D eigenvalue weighted by Gasteiger charge is -2.26. The van der Waals surface area contributed by atoms with Gasteiger partial charge in [-0.15, -0.1) is 0 Å². The molecule has 5 rings (SSSR count). The van der Waals surface area contributed by atoms with Gasteiger partial charge in [0.25, 0.3) is 0 Å². The zero-order valence-electron chi connectivity index (χ0n) is 15.2. The highest BCUT2D eigenvalue weighted by atomic mass is 15.3. The van der Waals surface area contributed by atoms with Crippen molar-refractivity contribution in [3.05, 3.63) is 61.1 Å². The van der Waals surface area contributed by atoms with Crippen LogP contribution in [0, 0.1) is 6.92 Å². The molecule has 0 bridgehead atoms. The first kappa shape index (κ1) is 16.0. The molecule has 27 heavy (non-hydrogen) atoms. The van der Waals surface area contributed by atoms with Gasteiger partial charge in [-0.05, 0) is 31.9 Å². The highest BCUT2D eigenvalue weighted by Gasteiger charge is 2.28. The first-order chi connectivity index (χ1) is 13.3. The molecule has 1 fully saturated rings. The number of aromatic nitrogens is 6. The predicted octanol–water partition coefficient (Wildman–Crippen LogP) is 2.99. The Labute approximate surface area is 157 Å². The second-order valence-corrected chi connectivity index (χ2v) is 6.94. The van der Waals surface area contributed by atoms with Gasteiger partial charge in [0.1, 0.15) is 18.0 Å². The zero-order chi connectivity index (χ0) is 18.2. The van der Waals surface area contributed by atoms with Crippen LogP contribution in [0.5, 0.6) is 0 Å². The normalized spacial score (nSPS) is 17.1. The molecule has 4 aromatic rings. The lowest BCUT2D eigenvalue weighted by atomic mass is 10.2. The van der Waals surface area contributed by atoms with Crippen molar-refractivity contribution in [2.45, 2.75) is 32.4 Å². The third-order valence-corrected chi connectivity index (χ3v) is 5.33. The van der Waals surface area contributed by atoms with Crippen LogP contribution in [0.3, 0.4) is 0 Å². The van der Waals surface area contributed by atoms with E-state index in [1.807, 2.05) is 54.3 Å². The fraction of sp³-hybridized carbons (Fsp3) is 0.300. The van der Waals surface area contributed by atoms with Gasteiger partial charge in [-0.2, -0.15) is 5.10 Å². The maximum absolute atomic E-state index is 4.63. The zero-order valence-corrected chi connectivity index (χ0v) is 15.2. The summed E-state index contributed by atoms with van der Waals surface area (Å²) in [6.45, 7) is 3.97. The predicted molar refractivity (Wildman–Crippen MR) is 104 cm³/mol. The van der Waals surface area contributed by atoms with E-state index in [4.69, 9.17) is 0 Å². The molecule has 1 saturated heterocycles. The largest absolute Gasteiger partial charge is 0.351 e. The highest BCUT2D eigenvalue weighted by Crippen LogP contribution is 2.31. The minimum absolute atomic E-state index is 0.399. The lowest BCUT2D eigenvalue weighted by Crippen LogP contribution is -2.33. The molecule has 0 spiro atoms. The van der Waals surface area contributed by atoms with Gasteiger partial charge in [0.05, 0.1) is 17.3 Å². The number of nitrogens with zero attached hydrogens (tertiary/aromatic N) is 7. The molecule has 1 aliphatic heterocycles. The fourth-order valence-corrected chi connectivity index (χ4v) is 3.95. The van der Waals surface area contributed by atoms with Crippen molar-refractivity contribution in [2.24, 2.45) is 0 Å². The minimum atomic E-state index is 0.399. The van der Waals surface area contributed by atoms with E-state index in [1.165, 1.54) is 0 Å². The summed E-state index contributed by atoms with van der Waals surface area (Å²) in [4.78, 5) is 15.9. The Bertz CT molecular complexity index is 1070. The first-order valence-corrected chi connectivity index (χ1v) is 9.30. The molecule has 7 nitrogen and oxygen atoms in total. The number of imidazole rings is 1. The average Bonchev–Trinajstić information content (AvgIpc) is 3.43. The standard InChI is InChI=1S/C20H21N7/c1-15-21-9-11-25(15)13-17-8-5-10-26(17)19-18-12-24-27(20(18)23-14-22-19)16-6-3-2-4-7-16/h2-4,6-7,9,11-12,14,17H,5,8,10,13H2,1H3/t17-/m1/s1. The summed E-state index contributed by atoms with van der Waals surface area (Å²) in [5.41, 5.74) is 1.85. The Kier molecular flexibility index (Phi) is 3.85. The topological polar surface area (TPSA) is 64.7 Å². The van der Waals surface area contributed by atoms with Crippen molar-refractivity contribution in [3.63, 3.8) is 0 Å². The van der Waals surface area contributed by atoms with Crippen LogP contribution in [0.25, 0.3) is 16.7 Å². The third kappa shape index (κ3) is 2.75. The van der Waals surface area contributed by atoms with Crippen molar-refractivity contribution in [2.75, 3.05) is 11.4 Å². The molecule has 0 unspecified atom stereocenters. The molecule has 136 valence electrons. The van der Waals surface area contributed by atoms with Crippen LogP contribution in [-0.4, -0.2) is 41.9 Å². The van der Waals surface area contributed by atoms with Gasteiger partial charge < -0.3 is 9.47 Å². The molecule has 0 radical (unpaired) electrons. The number of hydrogen-bond donors (Lipinski definition) is 0. The van der Waals surface area contributed by atoms with E-state index in [-0.39, 0.29) is 0 Å². The Morgan fingerprint density at radius 3 is 2.81 bits per heavy atom. The van der Waals surface area contributed by atoms with E-state index in [0.717, 1.165) is 54.3 Å². The van der Waals surface area contributed by atoms with E-state index in [9.17, 15) is 0 Å². The summed E-state index contributed by atoms with van der Waals surface area (Å²) in [5.74, 6) is 2.02. The summed E-state index contributed by atoms with van der Waals surface area (Å²) in [6.07, 6.45) is 9.76. The van der Waals surface area contributed by atoms with Crippen molar-refractivity contribution >= 4 is 16.9 Å². The van der Waals surface area contributed by atoms with Crippen LogP contribution < -0.4 is 4.90 Å². The van der Waals surface area contributed by atoms with Crippen molar-refractivity contribution in [1.29, 1.82) is 0 Å². The van der Waals surface area contributed by atoms with Crippen molar-refractivity contribution < 1.29 is 0 Å². The summed E-state index contributed by atoms with van der Waals surface area (Å²) in [6, 6.07) is 10.5. The summed E-state index contributed by atoms with van der Waals surface area (Å²) in [5, 5.41) is 5.58. The lowest BCUT2D eigenvalue weighted by molar-refractivity contribution is 0.539. The van der Waals surface area contributed by atoms with E-state index in [2.05, 4.69) is 35.7 Å². The molecule has 1 aromatic carbocycles. The monoisotopic (exact) mass is 359 g/mol. The molecule has 0 amide bonds. The summed E-state index contributed by atoms with van der Waals surface area (Å²) in [7, 11) is 0. The van der Waals surface area contributed by atoms with Crippen LogP contribution in [-0.2, 0) is 6.54 Å². The number of fused-ring (bicyclic) bond motifs is 1. The van der Waals surface area contributed by atoms with Crippen LogP contribution in [0.15, 0.2) is 55.2 Å². The molecule has 0 saturated carbocycles. The van der Waals surface area contributed by atoms with E-state index in [0.29, 0.717) is 6.04 Å². The Balaban J connectivity index is 1.53. The molecular weight excluding hydrogens is 338 g/mol. The van der Waals surface area contributed by atoms with Gasteiger partial charge in [-0.1, -0.05) is 18.2 Å². The quantitative estimate of drug-likeness (QED) is 0.560. The van der Waals surface area contributed by atoms with Crippen molar-refractivity contribution in [3.8, 4) is 5.69 Å².